The maximum atomic E-state index is 11.4. The molecule has 2 aromatic rings. The highest BCUT2D eigenvalue weighted by Gasteiger charge is 2.08. The standard InChI is InChI=1S/C22H29NO3/c1-17(20-9-5-4-6-10-20)16-23-18(2)12-13-26-21-11-7-8-19(14-21)15-22(24)25-3/h4-11,14,17-18,23H,12-13,15-16H2,1-3H3/t17-,18-/m1/s1. The highest BCUT2D eigenvalue weighted by atomic mass is 16.5. The summed E-state index contributed by atoms with van der Waals surface area (Å²) in [5.41, 5.74) is 2.25. The van der Waals surface area contributed by atoms with Crippen LogP contribution in [-0.2, 0) is 16.0 Å². The molecule has 1 N–H and O–H groups in total. The number of nitrogens with one attached hydrogen (secondary N) is 1. The predicted molar refractivity (Wildman–Crippen MR) is 105 cm³/mol. The van der Waals surface area contributed by atoms with E-state index in [4.69, 9.17) is 9.47 Å². The van der Waals surface area contributed by atoms with Crippen LogP contribution in [0.4, 0.5) is 0 Å². The van der Waals surface area contributed by atoms with Crippen molar-refractivity contribution in [1.29, 1.82) is 0 Å². The fourth-order valence-corrected chi connectivity index (χ4v) is 2.72. The van der Waals surface area contributed by atoms with Crippen LogP contribution in [0.3, 0.4) is 0 Å². The van der Waals surface area contributed by atoms with Gasteiger partial charge in [0.2, 0.25) is 0 Å². The van der Waals surface area contributed by atoms with Gasteiger partial charge in [-0.15, -0.1) is 0 Å². The van der Waals surface area contributed by atoms with E-state index in [9.17, 15) is 4.79 Å². The fraction of sp³-hybridized carbons (Fsp3) is 0.409. The molecular formula is C22H29NO3. The topological polar surface area (TPSA) is 47.6 Å². The summed E-state index contributed by atoms with van der Waals surface area (Å²) in [6.45, 7) is 5.99. The van der Waals surface area contributed by atoms with Gasteiger partial charge in [0.25, 0.3) is 0 Å². The number of carbonyl (C=O) groups is 1. The predicted octanol–water partition coefficient (Wildman–Crippen LogP) is 3.95. The molecule has 2 aromatic carbocycles. The molecule has 0 aliphatic carbocycles. The van der Waals surface area contributed by atoms with E-state index in [1.807, 2.05) is 30.3 Å². The third-order valence-electron chi connectivity index (χ3n) is 4.44. The third kappa shape index (κ3) is 6.89. The van der Waals surface area contributed by atoms with Crippen LogP contribution in [-0.4, -0.2) is 32.3 Å². The molecular weight excluding hydrogens is 326 g/mol. The Morgan fingerprint density at radius 1 is 1.08 bits per heavy atom. The lowest BCUT2D eigenvalue weighted by atomic mass is 10.0. The normalized spacial score (nSPS) is 13.0. The molecule has 4 heteroatoms. The smallest absolute Gasteiger partial charge is 0.309 e. The zero-order valence-corrected chi connectivity index (χ0v) is 15.9. The molecule has 140 valence electrons. The van der Waals surface area contributed by atoms with Gasteiger partial charge >= 0.3 is 5.97 Å². The van der Waals surface area contributed by atoms with Crippen LogP contribution >= 0.6 is 0 Å². The number of benzene rings is 2. The van der Waals surface area contributed by atoms with Crippen molar-refractivity contribution < 1.29 is 14.3 Å². The van der Waals surface area contributed by atoms with E-state index in [-0.39, 0.29) is 12.4 Å². The van der Waals surface area contributed by atoms with Crippen molar-refractivity contribution in [2.75, 3.05) is 20.3 Å². The molecule has 0 heterocycles. The van der Waals surface area contributed by atoms with Crippen molar-refractivity contribution >= 4 is 5.97 Å². The van der Waals surface area contributed by atoms with Gasteiger partial charge in [0.1, 0.15) is 5.75 Å². The van der Waals surface area contributed by atoms with Gasteiger partial charge in [-0.05, 0) is 42.5 Å². The van der Waals surface area contributed by atoms with Crippen molar-refractivity contribution in [1.82, 2.24) is 5.32 Å². The van der Waals surface area contributed by atoms with E-state index in [1.54, 1.807) is 0 Å². The van der Waals surface area contributed by atoms with Gasteiger partial charge in [0.05, 0.1) is 20.1 Å². The largest absolute Gasteiger partial charge is 0.494 e. The second kappa shape index (κ2) is 10.6. The summed E-state index contributed by atoms with van der Waals surface area (Å²) < 4.78 is 10.5. The van der Waals surface area contributed by atoms with Crippen LogP contribution in [0.5, 0.6) is 5.75 Å². The Balaban J connectivity index is 1.70. The molecule has 0 spiro atoms. The van der Waals surface area contributed by atoms with E-state index in [0.717, 1.165) is 24.3 Å². The molecule has 0 bridgehead atoms. The first kappa shape index (κ1) is 20.0. The Bertz CT molecular complexity index is 672. The van der Waals surface area contributed by atoms with Crippen molar-refractivity contribution in [2.45, 2.75) is 38.6 Å². The summed E-state index contributed by atoms with van der Waals surface area (Å²) in [5, 5.41) is 3.57. The summed E-state index contributed by atoms with van der Waals surface area (Å²) >= 11 is 0. The van der Waals surface area contributed by atoms with Gasteiger partial charge in [-0.25, -0.2) is 0 Å². The quantitative estimate of drug-likeness (QED) is 0.656. The molecule has 26 heavy (non-hydrogen) atoms. The first-order valence-corrected chi connectivity index (χ1v) is 9.15. The van der Waals surface area contributed by atoms with Gasteiger partial charge in [0, 0.05) is 12.6 Å². The molecule has 0 saturated carbocycles. The second-order valence-electron chi connectivity index (χ2n) is 6.66. The van der Waals surface area contributed by atoms with Crippen LogP contribution in [0.15, 0.2) is 54.6 Å². The summed E-state index contributed by atoms with van der Waals surface area (Å²) in [7, 11) is 1.40. The lowest BCUT2D eigenvalue weighted by molar-refractivity contribution is -0.139. The van der Waals surface area contributed by atoms with E-state index in [0.29, 0.717) is 18.6 Å². The number of hydrogen-bond donors (Lipinski definition) is 1. The lowest BCUT2D eigenvalue weighted by Crippen LogP contribution is -2.31. The van der Waals surface area contributed by atoms with Crippen molar-refractivity contribution in [3.05, 3.63) is 65.7 Å². The van der Waals surface area contributed by atoms with Crippen LogP contribution < -0.4 is 10.1 Å². The van der Waals surface area contributed by atoms with Gasteiger partial charge in [0.15, 0.2) is 0 Å². The number of rotatable bonds is 10. The van der Waals surface area contributed by atoms with E-state index in [1.165, 1.54) is 12.7 Å². The Hall–Kier alpha value is -2.33. The Morgan fingerprint density at radius 3 is 2.58 bits per heavy atom. The van der Waals surface area contributed by atoms with Crippen molar-refractivity contribution in [2.24, 2.45) is 0 Å². The SMILES string of the molecule is COC(=O)Cc1cccc(OCC[C@@H](C)NC[C@@H](C)c2ccccc2)c1. The minimum Gasteiger partial charge on any atom is -0.494 e. The van der Waals surface area contributed by atoms with Gasteiger partial charge < -0.3 is 14.8 Å². The molecule has 0 aromatic heterocycles. The molecule has 0 aliphatic rings. The van der Waals surface area contributed by atoms with Crippen LogP contribution in [0.1, 0.15) is 37.3 Å². The monoisotopic (exact) mass is 355 g/mol. The van der Waals surface area contributed by atoms with Crippen molar-refractivity contribution in [3.8, 4) is 5.75 Å². The highest BCUT2D eigenvalue weighted by Crippen LogP contribution is 2.15. The van der Waals surface area contributed by atoms with Crippen LogP contribution in [0, 0.1) is 0 Å². The first-order chi connectivity index (χ1) is 12.6. The molecule has 0 saturated heterocycles. The third-order valence-corrected chi connectivity index (χ3v) is 4.44. The molecule has 0 unspecified atom stereocenters. The molecule has 2 atom stereocenters. The molecule has 0 fully saturated rings. The Morgan fingerprint density at radius 2 is 1.85 bits per heavy atom. The maximum Gasteiger partial charge on any atom is 0.309 e. The number of hydrogen-bond acceptors (Lipinski definition) is 4. The number of methoxy groups -OCH3 is 1. The minimum atomic E-state index is -0.243. The molecule has 0 radical (unpaired) electrons. The average molecular weight is 355 g/mol. The summed E-state index contributed by atoms with van der Waals surface area (Å²) in [5.74, 6) is 1.03. The summed E-state index contributed by atoms with van der Waals surface area (Å²) in [4.78, 5) is 11.4. The average Bonchev–Trinajstić information content (AvgIpc) is 2.67. The minimum absolute atomic E-state index is 0.243. The maximum absolute atomic E-state index is 11.4. The Kier molecular flexibility index (Phi) is 8.16. The molecule has 0 amide bonds. The van der Waals surface area contributed by atoms with Crippen molar-refractivity contribution in [3.63, 3.8) is 0 Å². The number of carbonyl (C=O) groups excluding carboxylic acids is 1. The van der Waals surface area contributed by atoms with E-state index in [2.05, 4.69) is 43.4 Å². The van der Waals surface area contributed by atoms with Crippen LogP contribution in [0.25, 0.3) is 0 Å². The highest BCUT2D eigenvalue weighted by molar-refractivity contribution is 5.72. The lowest BCUT2D eigenvalue weighted by Gasteiger charge is -2.18. The summed E-state index contributed by atoms with van der Waals surface area (Å²) in [6.07, 6.45) is 1.19. The fourth-order valence-electron chi connectivity index (χ4n) is 2.72. The van der Waals surface area contributed by atoms with E-state index >= 15 is 0 Å². The number of ether oxygens (including phenoxy) is 2. The number of esters is 1. The molecule has 4 nitrogen and oxygen atoms in total. The zero-order valence-electron chi connectivity index (χ0n) is 15.9. The molecule has 2 rings (SSSR count). The molecule has 0 aliphatic heterocycles. The summed E-state index contributed by atoms with van der Waals surface area (Å²) in [6, 6.07) is 18.5. The second-order valence-corrected chi connectivity index (χ2v) is 6.66. The van der Waals surface area contributed by atoms with E-state index < -0.39 is 0 Å². The Labute approximate surface area is 156 Å². The first-order valence-electron chi connectivity index (χ1n) is 9.15. The van der Waals surface area contributed by atoms with Gasteiger partial charge in [-0.3, -0.25) is 4.79 Å². The van der Waals surface area contributed by atoms with Gasteiger partial charge in [-0.1, -0.05) is 49.4 Å². The van der Waals surface area contributed by atoms with Gasteiger partial charge in [-0.2, -0.15) is 0 Å². The van der Waals surface area contributed by atoms with Crippen LogP contribution in [0.2, 0.25) is 0 Å². The zero-order chi connectivity index (χ0) is 18.8.